The summed E-state index contributed by atoms with van der Waals surface area (Å²) in [5, 5.41) is 12.5. The first-order valence-electron chi connectivity index (χ1n) is 5.31. The fourth-order valence-corrected chi connectivity index (χ4v) is 1.76. The largest absolute Gasteiger partial charge is 0.478 e. The summed E-state index contributed by atoms with van der Waals surface area (Å²) in [5.41, 5.74) is 0.673. The molecule has 0 saturated carbocycles. The smallest absolute Gasteiger partial charge is 0.337 e. The number of anilines is 1. The van der Waals surface area contributed by atoms with Crippen molar-refractivity contribution in [2.75, 3.05) is 5.32 Å². The lowest BCUT2D eigenvalue weighted by atomic mass is 10.2. The molecule has 0 radical (unpaired) electrons. The molecule has 2 rings (SSSR count). The number of aromatic nitrogens is 2. The fourth-order valence-electron chi connectivity index (χ4n) is 1.59. The third kappa shape index (κ3) is 2.62. The number of hydrogen-bond acceptors (Lipinski definition) is 3. The summed E-state index contributed by atoms with van der Waals surface area (Å²) in [6, 6.07) is 4.72. The average Bonchev–Trinajstić information content (AvgIpc) is 2.73. The van der Waals surface area contributed by atoms with Crippen molar-refractivity contribution in [3.63, 3.8) is 0 Å². The molecule has 0 spiro atoms. The Morgan fingerprint density at radius 2 is 2.33 bits per heavy atom. The summed E-state index contributed by atoms with van der Waals surface area (Å²) in [6.45, 7) is 0.450. The van der Waals surface area contributed by atoms with Crippen LogP contribution in [0.25, 0.3) is 0 Å². The monoisotopic (exact) mass is 265 g/mol. The second-order valence-electron chi connectivity index (χ2n) is 3.80. The summed E-state index contributed by atoms with van der Waals surface area (Å²) in [6.07, 6.45) is 3.52. The van der Waals surface area contributed by atoms with Crippen LogP contribution in [-0.2, 0) is 13.6 Å². The van der Waals surface area contributed by atoms with Gasteiger partial charge in [-0.2, -0.15) is 0 Å². The van der Waals surface area contributed by atoms with E-state index in [1.54, 1.807) is 18.3 Å². The molecule has 5 nitrogen and oxygen atoms in total. The van der Waals surface area contributed by atoms with Crippen molar-refractivity contribution in [2.45, 2.75) is 6.54 Å². The van der Waals surface area contributed by atoms with Crippen molar-refractivity contribution in [1.82, 2.24) is 9.55 Å². The number of nitrogens with one attached hydrogen (secondary N) is 1. The second-order valence-corrected chi connectivity index (χ2v) is 4.24. The fraction of sp³-hybridized carbons (Fsp3) is 0.167. The molecule has 1 aromatic heterocycles. The van der Waals surface area contributed by atoms with Crippen molar-refractivity contribution >= 4 is 23.3 Å². The van der Waals surface area contributed by atoms with Gasteiger partial charge < -0.3 is 15.0 Å². The summed E-state index contributed by atoms with van der Waals surface area (Å²) in [7, 11) is 1.88. The molecule has 6 heteroatoms. The first-order valence-corrected chi connectivity index (χ1v) is 5.68. The van der Waals surface area contributed by atoms with E-state index in [-0.39, 0.29) is 5.56 Å². The van der Waals surface area contributed by atoms with Crippen LogP contribution in [0.5, 0.6) is 0 Å². The first kappa shape index (κ1) is 12.4. The normalized spacial score (nSPS) is 10.3. The zero-order valence-electron chi connectivity index (χ0n) is 9.72. The maximum Gasteiger partial charge on any atom is 0.337 e. The van der Waals surface area contributed by atoms with Crippen LogP contribution in [0.15, 0.2) is 30.6 Å². The predicted octanol–water partition coefficient (Wildman–Crippen LogP) is 2.38. The summed E-state index contributed by atoms with van der Waals surface area (Å²) >= 11 is 5.78. The highest BCUT2D eigenvalue weighted by Gasteiger charge is 2.11. The van der Waals surface area contributed by atoms with Crippen LogP contribution in [-0.4, -0.2) is 20.6 Å². The molecule has 0 bridgehead atoms. The van der Waals surface area contributed by atoms with Gasteiger partial charge in [0.15, 0.2) is 0 Å². The lowest BCUT2D eigenvalue weighted by Gasteiger charge is -2.09. The number of nitrogens with zero attached hydrogens (tertiary/aromatic N) is 2. The van der Waals surface area contributed by atoms with E-state index >= 15 is 0 Å². The molecular formula is C12H12ClN3O2. The van der Waals surface area contributed by atoms with Gasteiger partial charge in [-0.25, -0.2) is 9.78 Å². The lowest BCUT2D eigenvalue weighted by Crippen LogP contribution is -2.09. The minimum absolute atomic E-state index is 0.150. The molecule has 0 saturated heterocycles. The molecule has 0 amide bonds. The lowest BCUT2D eigenvalue weighted by molar-refractivity contribution is 0.0698. The van der Waals surface area contributed by atoms with Gasteiger partial charge in [-0.1, -0.05) is 11.6 Å². The van der Waals surface area contributed by atoms with Crippen LogP contribution in [0.4, 0.5) is 5.69 Å². The topological polar surface area (TPSA) is 67.2 Å². The van der Waals surface area contributed by atoms with E-state index in [2.05, 4.69) is 10.3 Å². The van der Waals surface area contributed by atoms with Gasteiger partial charge in [0.1, 0.15) is 5.82 Å². The van der Waals surface area contributed by atoms with Crippen LogP contribution < -0.4 is 5.32 Å². The van der Waals surface area contributed by atoms with E-state index in [1.165, 1.54) is 6.07 Å². The molecule has 1 aromatic carbocycles. The summed E-state index contributed by atoms with van der Waals surface area (Å²) in [5.74, 6) is -0.193. The number of carbonyl (C=O) groups is 1. The van der Waals surface area contributed by atoms with Crippen LogP contribution >= 0.6 is 11.6 Å². The molecular weight excluding hydrogens is 254 g/mol. The van der Waals surface area contributed by atoms with Gasteiger partial charge in [0.25, 0.3) is 0 Å². The molecule has 0 aliphatic heterocycles. The Kier molecular flexibility index (Phi) is 3.53. The van der Waals surface area contributed by atoms with Gasteiger partial charge in [0, 0.05) is 30.2 Å². The average molecular weight is 266 g/mol. The quantitative estimate of drug-likeness (QED) is 0.891. The SMILES string of the molecule is Cn1ccnc1CNc1ccc(Cl)cc1C(=O)O. The summed E-state index contributed by atoms with van der Waals surface area (Å²) < 4.78 is 1.86. The first-order chi connectivity index (χ1) is 8.58. The molecule has 0 unspecified atom stereocenters. The standard InChI is InChI=1S/C12H12ClN3O2/c1-16-5-4-14-11(16)7-15-10-3-2-8(13)6-9(10)12(17)18/h2-6,15H,7H2,1H3,(H,17,18). The van der Waals surface area contributed by atoms with Crippen molar-refractivity contribution in [3.05, 3.63) is 47.0 Å². The Morgan fingerprint density at radius 3 is 2.94 bits per heavy atom. The maximum absolute atomic E-state index is 11.1. The molecule has 2 aromatic rings. The Morgan fingerprint density at radius 1 is 1.56 bits per heavy atom. The zero-order chi connectivity index (χ0) is 13.1. The van der Waals surface area contributed by atoms with E-state index < -0.39 is 5.97 Å². The Labute approximate surface area is 109 Å². The van der Waals surface area contributed by atoms with Crippen LogP contribution in [0.3, 0.4) is 0 Å². The number of imidazole rings is 1. The highest BCUT2D eigenvalue weighted by molar-refractivity contribution is 6.31. The number of carboxylic acid groups (broad SMARTS) is 1. The number of aryl methyl sites for hydroxylation is 1. The van der Waals surface area contributed by atoms with E-state index in [0.717, 1.165) is 5.82 Å². The van der Waals surface area contributed by atoms with Gasteiger partial charge in [0.2, 0.25) is 0 Å². The predicted molar refractivity (Wildman–Crippen MR) is 68.9 cm³/mol. The molecule has 94 valence electrons. The van der Waals surface area contributed by atoms with Gasteiger partial charge in [-0.3, -0.25) is 0 Å². The number of carboxylic acids is 1. The Balaban J connectivity index is 2.19. The molecule has 0 atom stereocenters. The minimum Gasteiger partial charge on any atom is -0.478 e. The number of benzene rings is 1. The number of aromatic carboxylic acids is 1. The highest BCUT2D eigenvalue weighted by atomic mass is 35.5. The van der Waals surface area contributed by atoms with Crippen LogP contribution in [0.2, 0.25) is 5.02 Å². The van der Waals surface area contributed by atoms with Gasteiger partial charge in [-0.15, -0.1) is 0 Å². The molecule has 18 heavy (non-hydrogen) atoms. The zero-order valence-corrected chi connectivity index (χ0v) is 10.5. The van der Waals surface area contributed by atoms with Crippen LogP contribution in [0.1, 0.15) is 16.2 Å². The van der Waals surface area contributed by atoms with E-state index in [0.29, 0.717) is 17.3 Å². The third-order valence-electron chi connectivity index (χ3n) is 2.57. The van der Waals surface area contributed by atoms with E-state index in [4.69, 9.17) is 16.7 Å². The van der Waals surface area contributed by atoms with Gasteiger partial charge in [0.05, 0.1) is 12.1 Å². The number of rotatable bonds is 4. The highest BCUT2D eigenvalue weighted by Crippen LogP contribution is 2.21. The van der Waals surface area contributed by atoms with Crippen molar-refractivity contribution < 1.29 is 9.90 Å². The number of hydrogen-bond donors (Lipinski definition) is 2. The van der Waals surface area contributed by atoms with Crippen LogP contribution in [0, 0.1) is 0 Å². The molecule has 0 fully saturated rings. The third-order valence-corrected chi connectivity index (χ3v) is 2.81. The maximum atomic E-state index is 11.1. The van der Waals surface area contributed by atoms with E-state index in [9.17, 15) is 4.79 Å². The molecule has 0 aliphatic rings. The second kappa shape index (κ2) is 5.10. The van der Waals surface area contributed by atoms with E-state index in [1.807, 2.05) is 17.8 Å². The van der Waals surface area contributed by atoms with Crippen molar-refractivity contribution in [2.24, 2.45) is 7.05 Å². The minimum atomic E-state index is -1.01. The van der Waals surface area contributed by atoms with Crippen molar-refractivity contribution in [3.8, 4) is 0 Å². The number of halogens is 1. The molecule has 2 N–H and O–H groups in total. The Hall–Kier alpha value is -2.01. The van der Waals surface area contributed by atoms with Crippen molar-refractivity contribution in [1.29, 1.82) is 0 Å². The van der Waals surface area contributed by atoms with Gasteiger partial charge >= 0.3 is 5.97 Å². The Bertz CT molecular complexity index is 580. The summed E-state index contributed by atoms with van der Waals surface area (Å²) in [4.78, 5) is 15.2. The molecule has 0 aliphatic carbocycles. The molecule has 1 heterocycles. The van der Waals surface area contributed by atoms with Gasteiger partial charge in [-0.05, 0) is 18.2 Å².